The number of nitrogens with one attached hydrogen (secondary N) is 1. The highest BCUT2D eigenvalue weighted by molar-refractivity contribution is 5.94. The molecule has 2 saturated heterocycles. The predicted octanol–water partition coefficient (Wildman–Crippen LogP) is 1.25. The minimum absolute atomic E-state index is 0.00419. The maximum Gasteiger partial charge on any atom is 0.338 e. The summed E-state index contributed by atoms with van der Waals surface area (Å²) >= 11 is 0. The number of carbonyl (C=O) groups is 3. The first-order chi connectivity index (χ1) is 26.7. The fourth-order valence-corrected chi connectivity index (χ4v) is 7.35. The van der Waals surface area contributed by atoms with Gasteiger partial charge >= 0.3 is 11.9 Å². The first-order valence-corrected chi connectivity index (χ1v) is 18.8. The number of aliphatic hydroxyl groups excluding tert-OH is 5. The van der Waals surface area contributed by atoms with Gasteiger partial charge in [-0.1, -0.05) is 48.6 Å². The van der Waals surface area contributed by atoms with Gasteiger partial charge in [-0.15, -0.1) is 0 Å². The molecule has 0 saturated carbocycles. The van der Waals surface area contributed by atoms with E-state index in [9.17, 15) is 39.9 Å². The van der Waals surface area contributed by atoms with E-state index in [1.807, 2.05) is 24.3 Å². The van der Waals surface area contributed by atoms with E-state index in [2.05, 4.69) is 5.32 Å². The zero-order valence-electron chi connectivity index (χ0n) is 31.6. The molecule has 15 nitrogen and oxygen atoms in total. The van der Waals surface area contributed by atoms with E-state index < -0.39 is 97.5 Å². The van der Waals surface area contributed by atoms with Crippen LogP contribution in [-0.4, -0.2) is 130 Å². The Hall–Kier alpha value is -4.03. The Kier molecular flexibility index (Phi) is 13.1. The number of hydrogen-bond acceptors (Lipinski definition) is 14. The van der Waals surface area contributed by atoms with Crippen molar-refractivity contribution < 1.29 is 68.3 Å². The van der Waals surface area contributed by atoms with Crippen molar-refractivity contribution in [2.75, 3.05) is 19.8 Å². The molecule has 4 aliphatic rings. The van der Waals surface area contributed by atoms with E-state index in [0.29, 0.717) is 18.4 Å². The second-order valence-corrected chi connectivity index (χ2v) is 15.6. The van der Waals surface area contributed by atoms with E-state index in [-0.39, 0.29) is 37.0 Å². The highest BCUT2D eigenvalue weighted by atomic mass is 16.8. The summed E-state index contributed by atoms with van der Waals surface area (Å²) in [7, 11) is 0. The van der Waals surface area contributed by atoms with Crippen LogP contribution >= 0.6 is 0 Å². The molecule has 2 fully saturated rings. The number of carbonyl (C=O) groups excluding carboxylic acids is 3. The fraction of sp³-hybridized carbons (Fsp3) is 0.537. The van der Waals surface area contributed by atoms with Crippen LogP contribution in [0.4, 0.5) is 0 Å². The third-order valence-electron chi connectivity index (χ3n) is 10.1. The van der Waals surface area contributed by atoms with Crippen LogP contribution in [0.15, 0.2) is 66.3 Å². The first kappa shape index (κ1) is 41.6. The Morgan fingerprint density at radius 1 is 0.982 bits per heavy atom. The van der Waals surface area contributed by atoms with Gasteiger partial charge in [0.25, 0.3) is 0 Å². The minimum Gasteiger partial charge on any atom is -0.460 e. The lowest BCUT2D eigenvalue weighted by molar-refractivity contribution is -0.298. The van der Waals surface area contributed by atoms with E-state index in [0.717, 1.165) is 11.1 Å². The van der Waals surface area contributed by atoms with Gasteiger partial charge in [0, 0.05) is 31.3 Å². The van der Waals surface area contributed by atoms with E-state index in [1.54, 1.807) is 63.3 Å². The van der Waals surface area contributed by atoms with Crippen molar-refractivity contribution in [3.05, 3.63) is 88.5 Å². The van der Waals surface area contributed by atoms with Crippen molar-refractivity contribution in [2.24, 2.45) is 0 Å². The van der Waals surface area contributed by atoms with Crippen molar-refractivity contribution in [2.45, 2.75) is 119 Å². The number of rotatable bonds is 13. The molecular formula is C41H51NO14. The summed E-state index contributed by atoms with van der Waals surface area (Å²) in [6.07, 6.45) is -3.26. The average Bonchev–Trinajstić information content (AvgIpc) is 3.72. The quantitative estimate of drug-likeness (QED) is 0.158. The second kappa shape index (κ2) is 17.6. The zero-order chi connectivity index (χ0) is 40.2. The molecule has 2 aliphatic heterocycles. The van der Waals surface area contributed by atoms with Crippen LogP contribution in [0.3, 0.4) is 0 Å². The summed E-state index contributed by atoms with van der Waals surface area (Å²) in [5, 5.41) is 52.4. The maximum atomic E-state index is 13.7. The number of esters is 2. The lowest BCUT2D eigenvalue weighted by atomic mass is 9.91. The molecule has 6 N–H and O–H groups in total. The summed E-state index contributed by atoms with van der Waals surface area (Å²) in [5.41, 5.74) is 2.62. The summed E-state index contributed by atoms with van der Waals surface area (Å²) < 4.78 is 35.4. The number of fused-ring (bicyclic) bond motifs is 2. The Labute approximate surface area is 324 Å². The number of aliphatic hydroxyl groups is 5. The number of hydrogen-bond donors (Lipinski definition) is 6. The molecule has 9 atom stereocenters. The second-order valence-electron chi connectivity index (χ2n) is 15.6. The molecule has 2 aromatic carbocycles. The normalized spacial score (nSPS) is 28.7. The van der Waals surface area contributed by atoms with Gasteiger partial charge in [0.1, 0.15) is 48.3 Å². The molecule has 9 unspecified atom stereocenters. The Bertz CT molecular complexity index is 1760. The van der Waals surface area contributed by atoms with Crippen molar-refractivity contribution in [1.29, 1.82) is 0 Å². The summed E-state index contributed by atoms with van der Waals surface area (Å²) in [6, 6.07) is 13.8. The van der Waals surface area contributed by atoms with E-state index >= 15 is 0 Å². The van der Waals surface area contributed by atoms with Crippen LogP contribution in [0, 0.1) is 0 Å². The monoisotopic (exact) mass is 781 g/mol. The topological polar surface area (TPSA) is 220 Å². The van der Waals surface area contributed by atoms with Crippen molar-refractivity contribution in [3.8, 4) is 0 Å². The average molecular weight is 782 g/mol. The molecule has 0 aromatic heterocycles. The molecular weight excluding hydrogens is 730 g/mol. The molecule has 1 spiro atoms. The van der Waals surface area contributed by atoms with Crippen LogP contribution in [0.5, 0.6) is 0 Å². The van der Waals surface area contributed by atoms with Crippen LogP contribution in [-0.2, 0) is 50.9 Å². The molecule has 6 rings (SSSR count). The Morgan fingerprint density at radius 3 is 2.39 bits per heavy atom. The number of benzene rings is 2. The zero-order valence-corrected chi connectivity index (χ0v) is 31.6. The summed E-state index contributed by atoms with van der Waals surface area (Å²) in [5.74, 6) is -2.61. The van der Waals surface area contributed by atoms with Gasteiger partial charge in [-0.3, -0.25) is 9.59 Å². The molecule has 2 heterocycles. The van der Waals surface area contributed by atoms with Gasteiger partial charge in [0.2, 0.25) is 5.91 Å². The fourth-order valence-electron chi connectivity index (χ4n) is 7.35. The third kappa shape index (κ3) is 9.91. The van der Waals surface area contributed by atoms with E-state index in [1.165, 1.54) is 0 Å². The minimum atomic E-state index is -1.56. The van der Waals surface area contributed by atoms with Gasteiger partial charge < -0.3 is 59.3 Å². The van der Waals surface area contributed by atoms with Crippen LogP contribution < -0.4 is 5.32 Å². The van der Waals surface area contributed by atoms with Crippen molar-refractivity contribution in [3.63, 3.8) is 0 Å². The van der Waals surface area contributed by atoms with Gasteiger partial charge in [0.15, 0.2) is 12.1 Å². The molecule has 304 valence electrons. The summed E-state index contributed by atoms with van der Waals surface area (Å²) in [6.45, 7) is 4.23. The van der Waals surface area contributed by atoms with Gasteiger partial charge in [-0.05, 0) is 62.1 Å². The SMILES string of the molecule is CC(C)(C)OC(=O)CCC(CO)NC(=O)C1=CC2OC3(Cc4ccccc4C3)OC2C(OC(=O)c2cccc(C=CCOC3OC(CO)C(O)C(O)C3O)c2)C1. The molecule has 56 heavy (non-hydrogen) atoms. The highest BCUT2D eigenvalue weighted by Crippen LogP contribution is 2.45. The number of amides is 1. The van der Waals surface area contributed by atoms with Crippen LogP contribution in [0.25, 0.3) is 6.08 Å². The van der Waals surface area contributed by atoms with Gasteiger partial charge in [0.05, 0.1) is 31.4 Å². The molecule has 0 radical (unpaired) electrons. The van der Waals surface area contributed by atoms with Gasteiger partial charge in [-0.2, -0.15) is 0 Å². The molecule has 2 aromatic rings. The highest BCUT2D eigenvalue weighted by Gasteiger charge is 2.55. The van der Waals surface area contributed by atoms with Crippen molar-refractivity contribution >= 4 is 23.9 Å². The molecule has 1 amide bonds. The summed E-state index contributed by atoms with van der Waals surface area (Å²) in [4.78, 5) is 39.7. The molecule has 2 aliphatic carbocycles. The largest absolute Gasteiger partial charge is 0.460 e. The Balaban J connectivity index is 1.12. The van der Waals surface area contributed by atoms with E-state index in [4.69, 9.17) is 28.4 Å². The first-order valence-electron chi connectivity index (χ1n) is 18.8. The maximum absolute atomic E-state index is 13.7. The van der Waals surface area contributed by atoms with Crippen LogP contribution in [0.1, 0.15) is 67.1 Å². The molecule has 0 bridgehead atoms. The standard InChI is InChI=1S/C41H51NO14/c1-40(2,3)55-32(45)14-13-28(21-43)42-37(49)27-17-29(36-30(18-27)54-41(56-36)19-25-10-4-5-11-26(25)20-41)52-38(50)24-12-6-8-23(16-24)9-7-15-51-39-35(48)34(47)33(46)31(22-44)53-39/h4-12,16,18,28-31,33-36,39,43-44,46-48H,13-15,17,19-22H2,1-3H3,(H,42,49). The van der Waals surface area contributed by atoms with Crippen LogP contribution in [0.2, 0.25) is 0 Å². The third-order valence-corrected chi connectivity index (χ3v) is 10.1. The number of ether oxygens (including phenoxy) is 6. The lowest BCUT2D eigenvalue weighted by Gasteiger charge is -2.39. The predicted molar refractivity (Wildman–Crippen MR) is 198 cm³/mol. The molecule has 15 heteroatoms. The van der Waals surface area contributed by atoms with Crippen molar-refractivity contribution in [1.82, 2.24) is 5.32 Å². The van der Waals surface area contributed by atoms with Gasteiger partial charge in [-0.25, -0.2) is 4.79 Å². The Morgan fingerprint density at radius 2 is 1.71 bits per heavy atom. The lowest BCUT2D eigenvalue weighted by Crippen LogP contribution is -2.59. The smallest absolute Gasteiger partial charge is 0.338 e.